The van der Waals surface area contributed by atoms with Crippen molar-refractivity contribution in [2.45, 2.75) is 19.8 Å². The lowest BCUT2D eigenvalue weighted by molar-refractivity contribution is -0.116. The highest BCUT2D eigenvalue weighted by molar-refractivity contribution is 5.90. The topological polar surface area (TPSA) is 122 Å². The van der Waals surface area contributed by atoms with Crippen molar-refractivity contribution in [3.63, 3.8) is 0 Å². The highest BCUT2D eigenvalue weighted by atomic mass is 16.5. The van der Waals surface area contributed by atoms with E-state index in [1.54, 1.807) is 24.3 Å². The number of carbonyl (C=O) groups is 1. The number of anilines is 1. The van der Waals surface area contributed by atoms with Crippen molar-refractivity contribution in [2.24, 2.45) is 7.05 Å². The molecule has 0 aliphatic heterocycles. The molecule has 4 aromatic rings. The zero-order chi connectivity index (χ0) is 22.0. The van der Waals surface area contributed by atoms with E-state index in [1.807, 2.05) is 31.2 Å². The molecule has 0 atom stereocenters. The molecule has 0 saturated carbocycles. The molecule has 9 nitrogen and oxygen atoms in total. The van der Waals surface area contributed by atoms with Gasteiger partial charge in [-0.25, -0.2) is 9.78 Å². The number of hydrogen-bond donors (Lipinski definition) is 3. The van der Waals surface area contributed by atoms with E-state index in [9.17, 15) is 14.4 Å². The summed E-state index contributed by atoms with van der Waals surface area (Å²) in [5, 5.41) is 2.82. The first kappa shape index (κ1) is 20.1. The maximum absolute atomic E-state index is 12.3. The molecule has 9 heteroatoms. The number of nitrogens with zero attached hydrogens (tertiary/aromatic N) is 2. The van der Waals surface area contributed by atoms with Crippen molar-refractivity contribution in [2.75, 3.05) is 5.32 Å². The number of fused-ring (bicyclic) bond motifs is 1. The molecule has 0 spiro atoms. The minimum Gasteiger partial charge on any atom is -0.457 e. The fraction of sp³-hybridized carbons (Fsp3) is 0.182. The van der Waals surface area contributed by atoms with Crippen LogP contribution >= 0.6 is 0 Å². The third-order valence-electron chi connectivity index (χ3n) is 4.76. The van der Waals surface area contributed by atoms with Crippen molar-refractivity contribution in [1.82, 2.24) is 19.5 Å². The second kappa shape index (κ2) is 8.31. The number of rotatable bonds is 6. The Morgan fingerprint density at radius 1 is 1.10 bits per heavy atom. The Kier molecular flexibility index (Phi) is 5.40. The predicted octanol–water partition coefficient (Wildman–Crippen LogP) is 2.62. The van der Waals surface area contributed by atoms with Crippen LogP contribution in [0.1, 0.15) is 17.8 Å². The fourth-order valence-electron chi connectivity index (χ4n) is 3.15. The lowest BCUT2D eigenvalue weighted by atomic mass is 10.2. The number of amides is 1. The standard InChI is InChI=1S/C22H21N5O4/c1-13-4-3-5-16(12-13)31-15-8-6-14(7-9-15)23-18(28)11-10-17-24-19-20(25-17)27(2)22(30)26-21(19)29/h3-9,12H,10-11H2,1-2H3,(H,23,28)(H,24,25)(H,26,29,30). The van der Waals surface area contributed by atoms with Crippen LogP contribution in [0, 0.1) is 6.92 Å². The van der Waals surface area contributed by atoms with Crippen LogP contribution in [0.4, 0.5) is 5.69 Å². The van der Waals surface area contributed by atoms with E-state index in [1.165, 1.54) is 11.6 Å². The van der Waals surface area contributed by atoms with Crippen LogP contribution in [0.5, 0.6) is 11.5 Å². The summed E-state index contributed by atoms with van der Waals surface area (Å²) < 4.78 is 7.05. The van der Waals surface area contributed by atoms with Gasteiger partial charge >= 0.3 is 5.69 Å². The number of hydrogen-bond acceptors (Lipinski definition) is 5. The van der Waals surface area contributed by atoms with Gasteiger partial charge in [0.05, 0.1) is 0 Å². The number of nitrogens with one attached hydrogen (secondary N) is 3. The molecule has 0 aliphatic rings. The van der Waals surface area contributed by atoms with Crippen molar-refractivity contribution in [3.05, 3.63) is 80.8 Å². The summed E-state index contributed by atoms with van der Waals surface area (Å²) in [5.41, 5.74) is 1.15. The SMILES string of the molecule is Cc1cccc(Oc2ccc(NC(=O)CCc3nc4c([nH]3)c(=O)[nH]c(=O)n4C)cc2)c1. The smallest absolute Gasteiger partial charge is 0.329 e. The largest absolute Gasteiger partial charge is 0.457 e. The Morgan fingerprint density at radius 2 is 1.87 bits per heavy atom. The lowest BCUT2D eigenvalue weighted by Crippen LogP contribution is -2.28. The maximum Gasteiger partial charge on any atom is 0.329 e. The van der Waals surface area contributed by atoms with Crippen LogP contribution < -0.4 is 21.3 Å². The van der Waals surface area contributed by atoms with E-state index >= 15 is 0 Å². The molecule has 2 aromatic carbocycles. The Labute approximate surface area is 176 Å². The van der Waals surface area contributed by atoms with Gasteiger partial charge in [-0.1, -0.05) is 12.1 Å². The quantitative estimate of drug-likeness (QED) is 0.443. The van der Waals surface area contributed by atoms with E-state index in [-0.39, 0.29) is 23.5 Å². The first-order chi connectivity index (χ1) is 14.9. The third kappa shape index (κ3) is 4.55. The molecule has 0 bridgehead atoms. The van der Waals surface area contributed by atoms with Crippen molar-refractivity contribution < 1.29 is 9.53 Å². The van der Waals surface area contributed by atoms with E-state index in [0.29, 0.717) is 23.7 Å². The van der Waals surface area contributed by atoms with Crippen molar-refractivity contribution >= 4 is 22.8 Å². The normalized spacial score (nSPS) is 10.9. The molecule has 0 unspecified atom stereocenters. The van der Waals surface area contributed by atoms with Gasteiger partial charge in [0.25, 0.3) is 5.56 Å². The molecular weight excluding hydrogens is 398 g/mol. The van der Waals surface area contributed by atoms with Gasteiger partial charge in [-0.3, -0.25) is 19.1 Å². The van der Waals surface area contributed by atoms with Gasteiger partial charge in [0.2, 0.25) is 5.91 Å². The Hall–Kier alpha value is -4.14. The van der Waals surface area contributed by atoms with E-state index in [4.69, 9.17) is 4.74 Å². The number of aryl methyl sites for hydroxylation is 3. The Morgan fingerprint density at radius 3 is 2.61 bits per heavy atom. The minimum atomic E-state index is -0.539. The summed E-state index contributed by atoms with van der Waals surface area (Å²) in [4.78, 5) is 45.2. The number of carbonyl (C=O) groups excluding carboxylic acids is 1. The third-order valence-corrected chi connectivity index (χ3v) is 4.76. The van der Waals surface area contributed by atoms with Crippen LogP contribution in [0.15, 0.2) is 58.1 Å². The molecule has 31 heavy (non-hydrogen) atoms. The molecule has 2 heterocycles. The van der Waals surface area contributed by atoms with Crippen molar-refractivity contribution in [3.8, 4) is 11.5 Å². The molecule has 4 rings (SSSR count). The van der Waals surface area contributed by atoms with Gasteiger partial charge in [-0.2, -0.15) is 0 Å². The highest BCUT2D eigenvalue weighted by Crippen LogP contribution is 2.23. The molecule has 0 radical (unpaired) electrons. The molecular formula is C22H21N5O4. The molecule has 0 saturated heterocycles. The van der Waals surface area contributed by atoms with Crippen LogP contribution in [0.25, 0.3) is 11.2 Å². The fourth-order valence-corrected chi connectivity index (χ4v) is 3.15. The first-order valence-corrected chi connectivity index (χ1v) is 9.71. The first-order valence-electron chi connectivity index (χ1n) is 9.71. The molecule has 3 N–H and O–H groups in total. The van der Waals surface area contributed by atoms with Gasteiger partial charge in [-0.05, 0) is 48.9 Å². The summed E-state index contributed by atoms with van der Waals surface area (Å²) in [7, 11) is 1.52. The number of ether oxygens (including phenoxy) is 1. The zero-order valence-electron chi connectivity index (χ0n) is 17.1. The van der Waals surface area contributed by atoms with E-state index in [0.717, 1.165) is 11.3 Å². The highest BCUT2D eigenvalue weighted by Gasteiger charge is 2.12. The summed E-state index contributed by atoms with van der Waals surface area (Å²) in [6.45, 7) is 2.00. The molecule has 0 aliphatic carbocycles. The van der Waals surface area contributed by atoms with Gasteiger partial charge in [0.1, 0.15) is 22.8 Å². The van der Waals surface area contributed by atoms with E-state index in [2.05, 4.69) is 20.3 Å². The van der Waals surface area contributed by atoms with Gasteiger partial charge in [0, 0.05) is 25.6 Å². The number of aromatic amines is 2. The summed E-state index contributed by atoms with van der Waals surface area (Å²) in [6.07, 6.45) is 0.454. The molecule has 158 valence electrons. The number of benzene rings is 2. The number of H-pyrrole nitrogens is 2. The maximum atomic E-state index is 12.3. The zero-order valence-corrected chi connectivity index (χ0v) is 17.1. The Bertz CT molecular complexity index is 1370. The average molecular weight is 419 g/mol. The van der Waals surface area contributed by atoms with Crippen LogP contribution in [-0.4, -0.2) is 25.4 Å². The summed E-state index contributed by atoms with van der Waals surface area (Å²) >= 11 is 0. The van der Waals surface area contributed by atoms with Crippen LogP contribution in [0.2, 0.25) is 0 Å². The molecule has 2 aromatic heterocycles. The van der Waals surface area contributed by atoms with Crippen LogP contribution in [0.3, 0.4) is 0 Å². The number of aromatic nitrogens is 4. The monoisotopic (exact) mass is 419 g/mol. The van der Waals surface area contributed by atoms with Gasteiger partial charge < -0.3 is 15.0 Å². The van der Waals surface area contributed by atoms with Gasteiger partial charge in [-0.15, -0.1) is 0 Å². The summed E-state index contributed by atoms with van der Waals surface area (Å²) in [5.74, 6) is 1.68. The second-order valence-electron chi connectivity index (χ2n) is 7.19. The van der Waals surface area contributed by atoms with Crippen molar-refractivity contribution in [1.29, 1.82) is 0 Å². The van der Waals surface area contributed by atoms with Crippen LogP contribution in [-0.2, 0) is 18.3 Å². The Balaban J connectivity index is 1.36. The molecule has 0 fully saturated rings. The second-order valence-corrected chi connectivity index (χ2v) is 7.19. The lowest BCUT2D eigenvalue weighted by Gasteiger charge is -2.08. The predicted molar refractivity (Wildman–Crippen MR) is 117 cm³/mol. The summed E-state index contributed by atoms with van der Waals surface area (Å²) in [6, 6.07) is 14.8. The minimum absolute atomic E-state index is 0.160. The number of imidazole rings is 1. The van der Waals surface area contributed by atoms with Gasteiger partial charge in [0.15, 0.2) is 5.65 Å². The molecule has 1 amide bonds. The van der Waals surface area contributed by atoms with E-state index < -0.39 is 11.2 Å². The average Bonchev–Trinajstić information content (AvgIpc) is 3.17.